The fourth-order valence-electron chi connectivity index (χ4n) is 1.44. The summed E-state index contributed by atoms with van der Waals surface area (Å²) < 4.78 is 1.75. The zero-order valence-electron chi connectivity index (χ0n) is 8.81. The van der Waals surface area contributed by atoms with E-state index in [1.807, 2.05) is 6.92 Å². The Labute approximate surface area is 88.3 Å². The Kier molecular flexibility index (Phi) is 2.73. The number of hydrogen-bond donors (Lipinski definition) is 2. The van der Waals surface area contributed by atoms with Gasteiger partial charge >= 0.3 is 0 Å². The molecule has 1 aromatic heterocycles. The van der Waals surface area contributed by atoms with Gasteiger partial charge in [-0.1, -0.05) is 0 Å². The lowest BCUT2D eigenvalue weighted by Crippen LogP contribution is -2.30. The lowest BCUT2D eigenvalue weighted by Gasteiger charge is -2.09. The maximum atomic E-state index is 11.9. The molecule has 0 amide bonds. The predicted molar refractivity (Wildman–Crippen MR) is 58.9 cm³/mol. The van der Waals surface area contributed by atoms with Crippen molar-refractivity contribution in [2.45, 2.75) is 31.8 Å². The van der Waals surface area contributed by atoms with Crippen molar-refractivity contribution < 1.29 is 0 Å². The normalized spacial score (nSPS) is 17.5. The molecule has 1 aliphatic carbocycles. The van der Waals surface area contributed by atoms with Crippen molar-refractivity contribution in [1.29, 1.82) is 0 Å². The smallest absolute Gasteiger partial charge is 0.293 e. The molecule has 1 heterocycles. The van der Waals surface area contributed by atoms with Gasteiger partial charge in [0, 0.05) is 31.0 Å². The highest BCUT2D eigenvalue weighted by atomic mass is 16.1. The fraction of sp³-hybridized carbons (Fsp3) is 0.600. The molecular weight excluding hydrogens is 192 g/mol. The highest BCUT2D eigenvalue weighted by molar-refractivity contribution is 5.31. The lowest BCUT2D eigenvalue weighted by molar-refractivity contribution is 0.696. The van der Waals surface area contributed by atoms with Crippen molar-refractivity contribution in [3.8, 4) is 0 Å². The molecule has 0 aliphatic heterocycles. The van der Waals surface area contributed by atoms with Crippen LogP contribution in [0.4, 0.5) is 5.82 Å². The van der Waals surface area contributed by atoms with Gasteiger partial charge in [0.05, 0.1) is 0 Å². The van der Waals surface area contributed by atoms with E-state index in [2.05, 4.69) is 10.3 Å². The van der Waals surface area contributed by atoms with Gasteiger partial charge < -0.3 is 15.6 Å². The summed E-state index contributed by atoms with van der Waals surface area (Å²) in [6.07, 6.45) is 5.59. The molecule has 5 nitrogen and oxygen atoms in total. The van der Waals surface area contributed by atoms with Gasteiger partial charge in [0.25, 0.3) is 5.56 Å². The summed E-state index contributed by atoms with van der Waals surface area (Å²) in [6.45, 7) is 2.45. The van der Waals surface area contributed by atoms with Gasteiger partial charge in [-0.15, -0.1) is 0 Å². The second-order valence-corrected chi connectivity index (χ2v) is 4.08. The van der Waals surface area contributed by atoms with Gasteiger partial charge in [0.2, 0.25) is 0 Å². The Balaban J connectivity index is 2.16. The van der Waals surface area contributed by atoms with E-state index in [9.17, 15) is 4.79 Å². The molecule has 1 saturated carbocycles. The predicted octanol–water partition coefficient (Wildman–Crippen LogP) is 0.337. The molecule has 2 rings (SSSR count). The molecule has 0 radical (unpaired) electrons. The second-order valence-electron chi connectivity index (χ2n) is 4.08. The van der Waals surface area contributed by atoms with E-state index in [0.29, 0.717) is 18.4 Å². The Morgan fingerprint density at radius 1 is 1.73 bits per heavy atom. The van der Waals surface area contributed by atoms with Gasteiger partial charge in [0.15, 0.2) is 5.82 Å². The van der Waals surface area contributed by atoms with Crippen LogP contribution in [0.1, 0.15) is 25.8 Å². The van der Waals surface area contributed by atoms with Crippen LogP contribution in [0.3, 0.4) is 0 Å². The van der Waals surface area contributed by atoms with E-state index in [-0.39, 0.29) is 11.6 Å². The number of anilines is 1. The van der Waals surface area contributed by atoms with Gasteiger partial charge in [-0.2, -0.15) is 0 Å². The number of rotatable bonds is 4. The first-order chi connectivity index (χ1) is 7.18. The van der Waals surface area contributed by atoms with E-state index in [0.717, 1.165) is 12.8 Å². The summed E-state index contributed by atoms with van der Waals surface area (Å²) >= 11 is 0. The van der Waals surface area contributed by atoms with E-state index < -0.39 is 0 Å². The first kappa shape index (κ1) is 10.2. The van der Waals surface area contributed by atoms with Gasteiger partial charge in [-0.05, 0) is 19.8 Å². The average molecular weight is 208 g/mol. The topological polar surface area (TPSA) is 72.9 Å². The summed E-state index contributed by atoms with van der Waals surface area (Å²) in [4.78, 5) is 15.9. The van der Waals surface area contributed by atoms with Crippen molar-refractivity contribution in [1.82, 2.24) is 9.55 Å². The average Bonchev–Trinajstić information content (AvgIpc) is 2.99. The maximum absolute atomic E-state index is 11.9. The minimum atomic E-state index is -0.0411. The maximum Gasteiger partial charge on any atom is 0.293 e. The van der Waals surface area contributed by atoms with Crippen molar-refractivity contribution >= 4 is 5.82 Å². The van der Waals surface area contributed by atoms with Crippen LogP contribution in [0.2, 0.25) is 0 Å². The second kappa shape index (κ2) is 4.02. The number of nitrogens with zero attached hydrogens (tertiary/aromatic N) is 2. The summed E-state index contributed by atoms with van der Waals surface area (Å²) in [7, 11) is 0. The van der Waals surface area contributed by atoms with Crippen LogP contribution in [-0.4, -0.2) is 22.1 Å². The van der Waals surface area contributed by atoms with Crippen LogP contribution in [0, 0.1) is 0 Å². The van der Waals surface area contributed by atoms with E-state index in [1.165, 1.54) is 0 Å². The number of hydrogen-bond acceptors (Lipinski definition) is 4. The third-order valence-electron chi connectivity index (χ3n) is 2.40. The quantitative estimate of drug-likeness (QED) is 0.748. The Morgan fingerprint density at radius 3 is 3.07 bits per heavy atom. The number of nitrogens with two attached hydrogens (primary N) is 1. The monoisotopic (exact) mass is 208 g/mol. The molecular formula is C10H16N4O. The molecule has 0 bridgehead atoms. The Morgan fingerprint density at radius 2 is 2.47 bits per heavy atom. The zero-order valence-corrected chi connectivity index (χ0v) is 8.81. The molecule has 0 aromatic carbocycles. The summed E-state index contributed by atoms with van der Waals surface area (Å²) in [5, 5.41) is 2.97. The van der Waals surface area contributed by atoms with Crippen molar-refractivity contribution in [3.05, 3.63) is 22.7 Å². The minimum Gasteiger partial charge on any atom is -0.364 e. The van der Waals surface area contributed by atoms with E-state index >= 15 is 0 Å². The van der Waals surface area contributed by atoms with Crippen LogP contribution in [0.15, 0.2) is 17.2 Å². The van der Waals surface area contributed by atoms with E-state index in [1.54, 1.807) is 17.0 Å². The minimum absolute atomic E-state index is 0.0146. The lowest BCUT2D eigenvalue weighted by atomic mass is 10.3. The summed E-state index contributed by atoms with van der Waals surface area (Å²) in [5.41, 5.74) is 5.56. The molecule has 1 atom stereocenters. The third kappa shape index (κ3) is 2.36. The van der Waals surface area contributed by atoms with Gasteiger partial charge in [-0.3, -0.25) is 4.79 Å². The Bertz CT molecular complexity index is 395. The zero-order chi connectivity index (χ0) is 10.8. The standard InChI is InChI=1S/C10H16N4O/c1-7(11)6-13-9-10(15)14(5-4-12-9)8-2-3-8/h4-5,7-8H,2-3,6,11H2,1H3,(H,12,13). The van der Waals surface area contributed by atoms with Crippen LogP contribution in [0.25, 0.3) is 0 Å². The molecule has 0 spiro atoms. The molecule has 0 saturated heterocycles. The van der Waals surface area contributed by atoms with Gasteiger partial charge in [-0.25, -0.2) is 4.98 Å². The Hall–Kier alpha value is -1.36. The van der Waals surface area contributed by atoms with Crippen molar-refractivity contribution in [2.75, 3.05) is 11.9 Å². The van der Waals surface area contributed by atoms with Crippen molar-refractivity contribution in [3.63, 3.8) is 0 Å². The molecule has 1 aliphatic rings. The largest absolute Gasteiger partial charge is 0.364 e. The summed E-state index contributed by atoms with van der Waals surface area (Å²) in [5.74, 6) is 0.404. The fourth-order valence-corrected chi connectivity index (χ4v) is 1.44. The van der Waals surface area contributed by atoms with Crippen molar-refractivity contribution in [2.24, 2.45) is 5.73 Å². The first-order valence-electron chi connectivity index (χ1n) is 5.25. The molecule has 5 heteroatoms. The highest BCUT2D eigenvalue weighted by Crippen LogP contribution is 2.33. The summed E-state index contributed by atoms with van der Waals surface area (Å²) in [6, 6.07) is 0.400. The number of aromatic nitrogens is 2. The van der Waals surface area contributed by atoms with Crippen LogP contribution < -0.4 is 16.6 Å². The van der Waals surface area contributed by atoms with Crippen LogP contribution in [-0.2, 0) is 0 Å². The van der Waals surface area contributed by atoms with Gasteiger partial charge in [0.1, 0.15) is 0 Å². The molecule has 1 aromatic rings. The molecule has 3 N–H and O–H groups in total. The molecule has 1 fully saturated rings. The SMILES string of the molecule is CC(N)CNc1nccn(C2CC2)c1=O. The molecule has 1 unspecified atom stereocenters. The van der Waals surface area contributed by atoms with Crippen LogP contribution in [0.5, 0.6) is 0 Å². The first-order valence-corrected chi connectivity index (χ1v) is 5.25. The van der Waals surface area contributed by atoms with Crippen LogP contribution >= 0.6 is 0 Å². The molecule has 15 heavy (non-hydrogen) atoms. The third-order valence-corrected chi connectivity index (χ3v) is 2.40. The van der Waals surface area contributed by atoms with E-state index in [4.69, 9.17) is 5.73 Å². The highest BCUT2D eigenvalue weighted by Gasteiger charge is 2.25. The number of nitrogens with one attached hydrogen (secondary N) is 1. The molecule has 82 valence electrons.